The Kier molecular flexibility index (Phi) is 10.3. The van der Waals surface area contributed by atoms with Crippen LogP contribution in [0.5, 0.6) is 0 Å². The standard InChI is InChI=1S/C23H20.C20H22.2CH3.Os/c1-2-8-16(7-1)17-13-14-22-20-11-4-3-9-18(20)19-10-5-6-12-21(19)23(22)15-17;1-20(2)18-13-6-5-10-16(18)17-12-7-11-15(19(17)20)14-8-3-4-9-14;;;/h3-6,9-16H,1-2,7-8H2;5-7,10-14H,3-4,8-9H2,1-2H3;2*1H3;/q;;2*-1;+2. The first-order chi connectivity index (χ1) is 21.1. The Bertz CT molecular complexity index is 1930. The molecule has 6 aromatic rings. The van der Waals surface area contributed by atoms with Gasteiger partial charge in [-0.05, 0) is 103 Å². The molecule has 3 aliphatic carbocycles. The molecular formula is C45H48Os. The van der Waals surface area contributed by atoms with Crippen LogP contribution in [0.25, 0.3) is 43.4 Å². The number of rotatable bonds is 2. The van der Waals surface area contributed by atoms with Gasteiger partial charge in [-0.3, -0.25) is 0 Å². The van der Waals surface area contributed by atoms with Crippen LogP contribution in [-0.4, -0.2) is 0 Å². The molecule has 6 aromatic carbocycles. The molecule has 1 heteroatoms. The monoisotopic (exact) mass is 780 g/mol. The van der Waals surface area contributed by atoms with Gasteiger partial charge in [0.1, 0.15) is 0 Å². The maximum absolute atomic E-state index is 2.47. The minimum absolute atomic E-state index is 0. The minimum Gasteiger partial charge on any atom is -0.358 e. The first-order valence-electron chi connectivity index (χ1n) is 16.7. The van der Waals surface area contributed by atoms with E-state index in [4.69, 9.17) is 0 Å². The fourth-order valence-electron chi connectivity index (χ4n) is 8.91. The van der Waals surface area contributed by atoms with Gasteiger partial charge < -0.3 is 14.9 Å². The second-order valence-corrected chi connectivity index (χ2v) is 13.8. The van der Waals surface area contributed by atoms with Gasteiger partial charge in [0.2, 0.25) is 0 Å². The van der Waals surface area contributed by atoms with Crippen molar-refractivity contribution in [1.29, 1.82) is 0 Å². The largest absolute Gasteiger partial charge is 2.00 e. The topological polar surface area (TPSA) is 0 Å². The molecule has 0 heterocycles. The Morgan fingerprint density at radius 3 is 1.57 bits per heavy atom. The molecule has 0 saturated heterocycles. The van der Waals surface area contributed by atoms with Crippen LogP contribution in [0.3, 0.4) is 0 Å². The molecule has 9 rings (SSSR count). The fourth-order valence-corrected chi connectivity index (χ4v) is 8.91. The Morgan fingerprint density at radius 2 is 0.957 bits per heavy atom. The summed E-state index contributed by atoms with van der Waals surface area (Å²) in [5.41, 5.74) is 9.36. The van der Waals surface area contributed by atoms with Gasteiger partial charge in [0, 0.05) is 5.41 Å². The van der Waals surface area contributed by atoms with Gasteiger partial charge in [-0.15, -0.1) is 0 Å². The van der Waals surface area contributed by atoms with Gasteiger partial charge in [0.05, 0.1) is 0 Å². The van der Waals surface area contributed by atoms with E-state index in [0.29, 0.717) is 0 Å². The van der Waals surface area contributed by atoms with Crippen molar-refractivity contribution >= 4 is 32.3 Å². The van der Waals surface area contributed by atoms with Crippen LogP contribution in [0, 0.1) is 14.9 Å². The van der Waals surface area contributed by atoms with Crippen LogP contribution in [0.15, 0.2) is 109 Å². The van der Waals surface area contributed by atoms with Crippen molar-refractivity contribution in [3.8, 4) is 11.1 Å². The van der Waals surface area contributed by atoms with Crippen molar-refractivity contribution in [3.63, 3.8) is 0 Å². The van der Waals surface area contributed by atoms with Crippen LogP contribution >= 0.6 is 0 Å². The van der Waals surface area contributed by atoms with E-state index in [1.807, 2.05) is 0 Å². The second kappa shape index (κ2) is 13.8. The molecule has 3 aliphatic rings. The van der Waals surface area contributed by atoms with E-state index in [0.717, 1.165) is 11.8 Å². The Labute approximate surface area is 290 Å². The molecular weight excluding hydrogens is 731 g/mol. The SMILES string of the molecule is CC1(C)c2ccccc2-c2cccc(C3CCCC3)c21.[CH3-].[CH3-].[Os+2].c1ccc2c(c1)c1ccccc1c1cc(C3CCCC3)ccc21. The third kappa shape index (κ3) is 5.65. The van der Waals surface area contributed by atoms with Gasteiger partial charge in [-0.1, -0.05) is 149 Å². The molecule has 2 fully saturated rings. The van der Waals surface area contributed by atoms with E-state index >= 15 is 0 Å². The molecule has 0 N–H and O–H groups in total. The van der Waals surface area contributed by atoms with E-state index in [9.17, 15) is 0 Å². The number of hydrogen-bond donors (Lipinski definition) is 0. The van der Waals surface area contributed by atoms with Crippen LogP contribution in [0.4, 0.5) is 0 Å². The average molecular weight is 779 g/mol. The number of fused-ring (bicyclic) bond motifs is 9. The van der Waals surface area contributed by atoms with Gasteiger partial charge in [0.15, 0.2) is 0 Å². The molecule has 0 spiro atoms. The van der Waals surface area contributed by atoms with Crippen LogP contribution in [-0.2, 0) is 25.2 Å². The summed E-state index contributed by atoms with van der Waals surface area (Å²) in [6, 6.07) is 40.8. The summed E-state index contributed by atoms with van der Waals surface area (Å²) in [4.78, 5) is 0. The Balaban J connectivity index is 0.000000172. The zero-order valence-electron chi connectivity index (χ0n) is 28.1. The summed E-state index contributed by atoms with van der Waals surface area (Å²) < 4.78 is 0. The van der Waals surface area contributed by atoms with Gasteiger partial charge >= 0.3 is 19.8 Å². The molecule has 0 aliphatic heterocycles. The number of hydrogen-bond acceptors (Lipinski definition) is 0. The third-order valence-electron chi connectivity index (χ3n) is 11.0. The number of benzene rings is 6. The van der Waals surface area contributed by atoms with E-state index < -0.39 is 0 Å². The maximum atomic E-state index is 2.47. The quantitative estimate of drug-likeness (QED) is 0.121. The Hall–Kier alpha value is -3.26. The molecule has 0 amide bonds. The second-order valence-electron chi connectivity index (χ2n) is 13.8. The summed E-state index contributed by atoms with van der Waals surface area (Å²) >= 11 is 0. The van der Waals surface area contributed by atoms with Crippen molar-refractivity contribution in [3.05, 3.63) is 146 Å². The molecule has 46 heavy (non-hydrogen) atoms. The molecule has 0 aromatic heterocycles. The molecule has 236 valence electrons. The molecule has 0 unspecified atom stereocenters. The van der Waals surface area contributed by atoms with Gasteiger partial charge in [0.25, 0.3) is 0 Å². The van der Waals surface area contributed by atoms with Crippen molar-refractivity contribution in [2.24, 2.45) is 0 Å². The van der Waals surface area contributed by atoms with Gasteiger partial charge in [-0.2, -0.15) is 0 Å². The molecule has 0 atom stereocenters. The Morgan fingerprint density at radius 1 is 0.478 bits per heavy atom. The average Bonchev–Trinajstić information content (AvgIpc) is 3.84. The van der Waals surface area contributed by atoms with E-state index in [2.05, 4.69) is 123 Å². The van der Waals surface area contributed by atoms with Crippen LogP contribution in [0.1, 0.15) is 99.3 Å². The zero-order valence-corrected chi connectivity index (χ0v) is 30.6. The molecule has 0 nitrogen and oxygen atoms in total. The molecule has 0 bridgehead atoms. The van der Waals surface area contributed by atoms with Crippen molar-refractivity contribution < 1.29 is 19.8 Å². The van der Waals surface area contributed by atoms with E-state index in [1.165, 1.54) is 106 Å². The zero-order chi connectivity index (χ0) is 29.0. The predicted octanol–water partition coefficient (Wildman–Crippen LogP) is 13.4. The van der Waals surface area contributed by atoms with Crippen molar-refractivity contribution in [2.75, 3.05) is 0 Å². The smallest absolute Gasteiger partial charge is 0.358 e. The fraction of sp³-hybridized carbons (Fsp3) is 0.289. The van der Waals surface area contributed by atoms with Gasteiger partial charge in [-0.25, -0.2) is 0 Å². The van der Waals surface area contributed by atoms with E-state index in [-0.39, 0.29) is 40.1 Å². The summed E-state index contributed by atoms with van der Waals surface area (Å²) in [6.45, 7) is 4.80. The minimum atomic E-state index is 0. The van der Waals surface area contributed by atoms with Crippen LogP contribution < -0.4 is 0 Å². The van der Waals surface area contributed by atoms with E-state index in [1.54, 1.807) is 11.1 Å². The summed E-state index contributed by atoms with van der Waals surface area (Å²) in [5, 5.41) is 8.31. The summed E-state index contributed by atoms with van der Waals surface area (Å²) in [5.74, 6) is 1.56. The molecule has 2 saturated carbocycles. The third-order valence-corrected chi connectivity index (χ3v) is 11.0. The predicted molar refractivity (Wildman–Crippen MR) is 198 cm³/mol. The first kappa shape index (κ1) is 34.1. The summed E-state index contributed by atoms with van der Waals surface area (Å²) in [6.07, 6.45) is 11.1. The normalized spacial score (nSPS) is 16.6. The molecule has 0 radical (unpaired) electrons. The van der Waals surface area contributed by atoms with Crippen LogP contribution in [0.2, 0.25) is 0 Å². The summed E-state index contributed by atoms with van der Waals surface area (Å²) in [7, 11) is 0. The van der Waals surface area contributed by atoms with Crippen molar-refractivity contribution in [1.82, 2.24) is 0 Å². The maximum Gasteiger partial charge on any atom is 2.00 e. The first-order valence-corrected chi connectivity index (χ1v) is 16.7. The van der Waals surface area contributed by atoms with Crippen molar-refractivity contribution in [2.45, 2.75) is 82.5 Å².